The van der Waals surface area contributed by atoms with Gasteiger partial charge < -0.3 is 11.1 Å². The quantitative estimate of drug-likeness (QED) is 0.635. The predicted octanol–water partition coefficient (Wildman–Crippen LogP) is 1.08. The number of nitrogens with one attached hydrogen (secondary N) is 1. The maximum Gasteiger partial charge on any atom is 0.189 e. The summed E-state index contributed by atoms with van der Waals surface area (Å²) >= 11 is 0. The predicted molar refractivity (Wildman–Crippen MR) is 75.0 cm³/mol. The molecule has 0 spiro atoms. The van der Waals surface area contributed by atoms with Crippen molar-refractivity contribution in [3.8, 4) is 5.82 Å². The first-order valence-corrected chi connectivity index (χ1v) is 6.15. The Morgan fingerprint density at radius 3 is 3.00 bits per heavy atom. The van der Waals surface area contributed by atoms with E-state index >= 15 is 0 Å². The molecule has 19 heavy (non-hydrogen) atoms. The van der Waals surface area contributed by atoms with Crippen LogP contribution in [0.4, 0.5) is 0 Å². The summed E-state index contributed by atoms with van der Waals surface area (Å²) in [6.45, 7) is 4.56. The molecule has 0 saturated heterocycles. The molecule has 0 bridgehead atoms. The number of aliphatic imine (C=N–C) groups is 1. The van der Waals surface area contributed by atoms with E-state index in [9.17, 15) is 0 Å². The molecule has 6 nitrogen and oxygen atoms in total. The number of guanidine groups is 1. The van der Waals surface area contributed by atoms with Crippen molar-refractivity contribution in [2.24, 2.45) is 10.7 Å². The number of imidazole rings is 1. The molecule has 0 fully saturated rings. The Morgan fingerprint density at radius 2 is 2.32 bits per heavy atom. The highest BCUT2D eigenvalue weighted by Gasteiger charge is 2.00. The van der Waals surface area contributed by atoms with Gasteiger partial charge in [0.2, 0.25) is 0 Å². The molecule has 0 saturated carbocycles. The molecule has 0 unspecified atom stereocenters. The van der Waals surface area contributed by atoms with E-state index in [1.54, 1.807) is 18.7 Å². The molecule has 0 amide bonds. The topological polar surface area (TPSA) is 81.1 Å². The molecule has 2 rings (SSSR count). The second kappa shape index (κ2) is 5.99. The molecular formula is C13H18N6. The van der Waals surface area contributed by atoms with Crippen LogP contribution in [0.1, 0.15) is 19.4 Å². The van der Waals surface area contributed by atoms with Crippen LogP contribution in [0.25, 0.3) is 5.82 Å². The van der Waals surface area contributed by atoms with Crippen molar-refractivity contribution in [1.29, 1.82) is 0 Å². The number of hydrogen-bond acceptors (Lipinski definition) is 3. The van der Waals surface area contributed by atoms with Crippen molar-refractivity contribution < 1.29 is 0 Å². The van der Waals surface area contributed by atoms with Crippen molar-refractivity contribution in [3.63, 3.8) is 0 Å². The lowest BCUT2D eigenvalue weighted by atomic mass is 10.2. The van der Waals surface area contributed by atoms with E-state index in [1.165, 1.54) is 0 Å². The van der Waals surface area contributed by atoms with Crippen molar-refractivity contribution in [1.82, 2.24) is 19.9 Å². The highest BCUT2D eigenvalue weighted by atomic mass is 15.1. The first kappa shape index (κ1) is 13.1. The van der Waals surface area contributed by atoms with Gasteiger partial charge in [-0.1, -0.05) is 0 Å². The Balaban J connectivity index is 2.08. The zero-order valence-corrected chi connectivity index (χ0v) is 11.1. The molecule has 3 N–H and O–H groups in total. The van der Waals surface area contributed by atoms with Gasteiger partial charge in [-0.25, -0.2) is 15.0 Å². The Bertz CT molecular complexity index is 544. The molecular weight excluding hydrogens is 240 g/mol. The van der Waals surface area contributed by atoms with Crippen LogP contribution in [0, 0.1) is 0 Å². The molecule has 6 heteroatoms. The molecule has 0 aliphatic carbocycles. The lowest BCUT2D eigenvalue weighted by Gasteiger charge is -2.08. The largest absolute Gasteiger partial charge is 0.370 e. The maximum atomic E-state index is 5.76. The van der Waals surface area contributed by atoms with E-state index in [0.717, 1.165) is 11.4 Å². The van der Waals surface area contributed by atoms with Gasteiger partial charge in [0.05, 0.1) is 6.54 Å². The van der Waals surface area contributed by atoms with Gasteiger partial charge in [-0.05, 0) is 31.5 Å². The second-order valence-electron chi connectivity index (χ2n) is 4.49. The van der Waals surface area contributed by atoms with Crippen molar-refractivity contribution in [2.75, 3.05) is 0 Å². The molecule has 100 valence electrons. The Hall–Kier alpha value is -2.37. The molecule has 0 aliphatic heterocycles. The van der Waals surface area contributed by atoms with Crippen LogP contribution in [0.5, 0.6) is 0 Å². The van der Waals surface area contributed by atoms with Crippen molar-refractivity contribution in [2.45, 2.75) is 26.4 Å². The average Bonchev–Trinajstić information content (AvgIpc) is 2.90. The highest BCUT2D eigenvalue weighted by Crippen LogP contribution is 2.07. The second-order valence-corrected chi connectivity index (χ2v) is 4.49. The summed E-state index contributed by atoms with van der Waals surface area (Å²) in [5.41, 5.74) is 6.81. The fourth-order valence-corrected chi connectivity index (χ4v) is 1.61. The first-order chi connectivity index (χ1) is 9.15. The van der Waals surface area contributed by atoms with Gasteiger partial charge in [0.1, 0.15) is 12.1 Å². The summed E-state index contributed by atoms with van der Waals surface area (Å²) in [6.07, 6.45) is 7.04. The molecule has 0 aromatic carbocycles. The minimum absolute atomic E-state index is 0.280. The molecule has 2 aromatic rings. The number of hydrogen-bond donors (Lipinski definition) is 2. The SMILES string of the molecule is CC(C)NC(N)=NCc1ccnc(-n2ccnc2)c1. The summed E-state index contributed by atoms with van der Waals surface area (Å²) in [7, 11) is 0. The van der Waals surface area contributed by atoms with Gasteiger partial charge in [-0.2, -0.15) is 0 Å². The van der Waals surface area contributed by atoms with E-state index in [0.29, 0.717) is 12.5 Å². The first-order valence-electron chi connectivity index (χ1n) is 6.15. The monoisotopic (exact) mass is 258 g/mol. The summed E-state index contributed by atoms with van der Waals surface area (Å²) in [5.74, 6) is 1.27. The van der Waals surface area contributed by atoms with E-state index < -0.39 is 0 Å². The Labute approximate surface area is 112 Å². The fourth-order valence-electron chi connectivity index (χ4n) is 1.61. The van der Waals surface area contributed by atoms with Crippen LogP contribution in [-0.2, 0) is 6.54 Å². The van der Waals surface area contributed by atoms with Crippen LogP contribution >= 0.6 is 0 Å². The Morgan fingerprint density at radius 1 is 1.47 bits per heavy atom. The number of rotatable bonds is 4. The van der Waals surface area contributed by atoms with E-state index in [1.807, 2.05) is 36.7 Å². The zero-order chi connectivity index (χ0) is 13.7. The standard InChI is InChI=1S/C13H18N6/c1-10(2)18-13(14)17-8-11-3-4-16-12(7-11)19-6-5-15-9-19/h3-7,9-10H,8H2,1-2H3,(H3,14,17,18). The van der Waals surface area contributed by atoms with Crippen LogP contribution in [0.3, 0.4) is 0 Å². The summed E-state index contributed by atoms with van der Waals surface area (Å²) in [4.78, 5) is 12.6. The van der Waals surface area contributed by atoms with E-state index in [-0.39, 0.29) is 6.04 Å². The zero-order valence-electron chi connectivity index (χ0n) is 11.1. The fraction of sp³-hybridized carbons (Fsp3) is 0.308. The highest BCUT2D eigenvalue weighted by molar-refractivity contribution is 5.78. The molecule has 0 radical (unpaired) electrons. The third-order valence-corrected chi connectivity index (χ3v) is 2.45. The molecule has 0 aliphatic rings. The number of pyridine rings is 1. The smallest absolute Gasteiger partial charge is 0.189 e. The third-order valence-electron chi connectivity index (χ3n) is 2.45. The molecule has 2 aromatic heterocycles. The van der Waals surface area contributed by atoms with Gasteiger partial charge in [-0.15, -0.1) is 0 Å². The summed E-state index contributed by atoms with van der Waals surface area (Å²) < 4.78 is 1.85. The number of nitrogens with two attached hydrogens (primary N) is 1. The van der Waals surface area contributed by atoms with E-state index in [4.69, 9.17) is 5.73 Å². The van der Waals surface area contributed by atoms with Crippen LogP contribution < -0.4 is 11.1 Å². The molecule has 2 heterocycles. The van der Waals surface area contributed by atoms with Crippen LogP contribution in [-0.4, -0.2) is 26.5 Å². The number of nitrogens with zero attached hydrogens (tertiary/aromatic N) is 4. The normalized spacial score (nSPS) is 11.8. The average molecular weight is 258 g/mol. The lowest BCUT2D eigenvalue weighted by molar-refractivity contribution is 0.723. The van der Waals surface area contributed by atoms with Gasteiger partial charge in [0.25, 0.3) is 0 Å². The summed E-state index contributed by atoms with van der Waals surface area (Å²) in [5, 5.41) is 3.05. The van der Waals surface area contributed by atoms with Gasteiger partial charge >= 0.3 is 0 Å². The van der Waals surface area contributed by atoms with E-state index in [2.05, 4.69) is 20.3 Å². The van der Waals surface area contributed by atoms with Gasteiger partial charge in [0, 0.05) is 24.6 Å². The summed E-state index contributed by atoms with van der Waals surface area (Å²) in [6, 6.07) is 4.17. The van der Waals surface area contributed by atoms with Crippen molar-refractivity contribution in [3.05, 3.63) is 42.6 Å². The minimum Gasteiger partial charge on any atom is -0.370 e. The lowest BCUT2D eigenvalue weighted by Crippen LogP contribution is -2.36. The van der Waals surface area contributed by atoms with Gasteiger partial charge in [-0.3, -0.25) is 4.57 Å². The third kappa shape index (κ3) is 3.80. The van der Waals surface area contributed by atoms with Crippen LogP contribution in [0.15, 0.2) is 42.0 Å². The van der Waals surface area contributed by atoms with Gasteiger partial charge in [0.15, 0.2) is 5.96 Å². The van der Waals surface area contributed by atoms with Crippen LogP contribution in [0.2, 0.25) is 0 Å². The molecule has 0 atom stereocenters. The Kier molecular flexibility index (Phi) is 4.12. The number of aromatic nitrogens is 3. The minimum atomic E-state index is 0.280. The maximum absolute atomic E-state index is 5.76. The van der Waals surface area contributed by atoms with Crippen molar-refractivity contribution >= 4 is 5.96 Å².